The summed E-state index contributed by atoms with van der Waals surface area (Å²) in [6.45, 7) is 2.14. The number of nitrogens with one attached hydrogen (secondary N) is 1. The Morgan fingerprint density at radius 2 is 1.80 bits per heavy atom. The Bertz CT molecular complexity index is 932. The maximum Gasteiger partial charge on any atom is 0.255 e. The molecule has 0 heterocycles. The van der Waals surface area contributed by atoms with E-state index in [-0.39, 0.29) is 11.4 Å². The second kappa shape index (κ2) is 6.01. The van der Waals surface area contributed by atoms with Crippen LogP contribution in [0.15, 0.2) is 66.7 Å². The van der Waals surface area contributed by atoms with E-state index in [4.69, 9.17) is 5.73 Å². The van der Waals surface area contributed by atoms with Gasteiger partial charge in [-0.25, -0.2) is 0 Å². The molecule has 0 bridgehead atoms. The summed E-state index contributed by atoms with van der Waals surface area (Å²) in [5.41, 5.74) is 8.99. The molecule has 25 heavy (non-hydrogen) atoms. The minimum Gasteiger partial charge on any atom is -0.325 e. The molecule has 3 N–H and O–H groups in total. The van der Waals surface area contributed by atoms with Gasteiger partial charge in [-0.15, -0.1) is 0 Å². The lowest BCUT2D eigenvalue weighted by atomic mass is 10.0. The third-order valence-corrected chi connectivity index (χ3v) is 5.36. The zero-order valence-electron chi connectivity index (χ0n) is 14.3. The highest BCUT2D eigenvalue weighted by atomic mass is 16.1. The van der Waals surface area contributed by atoms with Crippen LogP contribution in [-0.2, 0) is 0 Å². The first-order valence-electron chi connectivity index (χ1n) is 8.78. The molecule has 0 spiro atoms. The molecule has 0 saturated heterocycles. The molecule has 2 unspecified atom stereocenters. The molecule has 126 valence electrons. The van der Waals surface area contributed by atoms with Gasteiger partial charge in [0.05, 0.1) is 0 Å². The van der Waals surface area contributed by atoms with Crippen molar-refractivity contribution in [2.45, 2.75) is 31.2 Å². The van der Waals surface area contributed by atoms with Gasteiger partial charge in [0.25, 0.3) is 5.91 Å². The average Bonchev–Trinajstić information content (AvgIpc) is 3.34. The van der Waals surface area contributed by atoms with E-state index in [1.807, 2.05) is 54.6 Å². The Morgan fingerprint density at radius 1 is 1.08 bits per heavy atom. The summed E-state index contributed by atoms with van der Waals surface area (Å²) >= 11 is 0. The average molecular weight is 330 g/mol. The third kappa shape index (κ3) is 3.03. The summed E-state index contributed by atoms with van der Waals surface area (Å²) in [5, 5.41) is 5.18. The lowest BCUT2D eigenvalue weighted by Gasteiger charge is -2.10. The highest BCUT2D eigenvalue weighted by Gasteiger charge is 2.49. The number of amides is 1. The minimum atomic E-state index is -0.0911. The predicted octanol–water partition coefficient (Wildman–Crippen LogP) is 4.69. The van der Waals surface area contributed by atoms with Crippen molar-refractivity contribution in [3.8, 4) is 0 Å². The second-order valence-corrected chi connectivity index (χ2v) is 6.98. The Balaban J connectivity index is 1.48. The molecule has 2 atom stereocenters. The van der Waals surface area contributed by atoms with Gasteiger partial charge in [-0.05, 0) is 53.4 Å². The maximum atomic E-state index is 12.5. The Morgan fingerprint density at radius 3 is 2.48 bits per heavy atom. The molecule has 4 rings (SSSR count). The summed E-state index contributed by atoms with van der Waals surface area (Å²) in [7, 11) is 0. The van der Waals surface area contributed by atoms with Crippen LogP contribution < -0.4 is 11.1 Å². The summed E-state index contributed by atoms with van der Waals surface area (Å²) in [4.78, 5) is 12.5. The molecule has 1 saturated carbocycles. The number of carbonyl (C=O) groups excluding carboxylic acids is 1. The van der Waals surface area contributed by atoms with Crippen molar-refractivity contribution >= 4 is 22.4 Å². The zero-order chi connectivity index (χ0) is 17.4. The quantitative estimate of drug-likeness (QED) is 0.729. The number of fused-ring (bicyclic) bond motifs is 1. The van der Waals surface area contributed by atoms with E-state index in [1.54, 1.807) is 0 Å². The van der Waals surface area contributed by atoms with Gasteiger partial charge in [-0.2, -0.15) is 0 Å². The van der Waals surface area contributed by atoms with Gasteiger partial charge in [0.2, 0.25) is 0 Å². The fourth-order valence-corrected chi connectivity index (χ4v) is 3.49. The van der Waals surface area contributed by atoms with Gasteiger partial charge in [-0.1, -0.05) is 49.4 Å². The van der Waals surface area contributed by atoms with E-state index in [2.05, 4.69) is 24.4 Å². The lowest BCUT2D eigenvalue weighted by Crippen LogP contribution is -2.22. The van der Waals surface area contributed by atoms with Crippen LogP contribution in [0.4, 0.5) is 5.69 Å². The molecule has 3 aromatic carbocycles. The number of nitrogens with two attached hydrogens (primary N) is 1. The van der Waals surface area contributed by atoms with Gasteiger partial charge >= 0.3 is 0 Å². The van der Waals surface area contributed by atoms with Gasteiger partial charge in [0.15, 0.2) is 0 Å². The van der Waals surface area contributed by atoms with Crippen molar-refractivity contribution < 1.29 is 4.79 Å². The summed E-state index contributed by atoms with van der Waals surface area (Å²) in [6.07, 6.45) is 2.05. The molecule has 3 heteroatoms. The van der Waals surface area contributed by atoms with E-state index in [9.17, 15) is 4.79 Å². The van der Waals surface area contributed by atoms with Crippen LogP contribution in [0.2, 0.25) is 0 Å². The molecule has 1 fully saturated rings. The zero-order valence-corrected chi connectivity index (χ0v) is 14.3. The van der Waals surface area contributed by atoms with Crippen LogP contribution >= 0.6 is 0 Å². The van der Waals surface area contributed by atoms with Crippen molar-refractivity contribution in [1.82, 2.24) is 0 Å². The highest BCUT2D eigenvalue weighted by Crippen LogP contribution is 2.51. The molecule has 1 aliphatic carbocycles. The van der Waals surface area contributed by atoms with Crippen molar-refractivity contribution in [1.29, 1.82) is 0 Å². The van der Waals surface area contributed by atoms with Crippen molar-refractivity contribution in [3.05, 3.63) is 77.9 Å². The Kier molecular flexibility index (Phi) is 3.81. The molecule has 3 aromatic rings. The molecular formula is C22H22N2O. The third-order valence-electron chi connectivity index (χ3n) is 5.36. The molecule has 3 nitrogen and oxygen atoms in total. The summed E-state index contributed by atoms with van der Waals surface area (Å²) in [6, 6.07) is 21.9. The smallest absolute Gasteiger partial charge is 0.255 e. The van der Waals surface area contributed by atoms with Gasteiger partial charge in [0, 0.05) is 22.7 Å². The monoisotopic (exact) mass is 330 g/mol. The van der Waals surface area contributed by atoms with E-state index >= 15 is 0 Å². The first kappa shape index (κ1) is 15.9. The SMILES string of the molecule is CCC1(N)CC1c1ccc(NC(=O)c2ccc3ccccc3c2)cc1. The lowest BCUT2D eigenvalue weighted by molar-refractivity contribution is 0.102. The Hall–Kier alpha value is -2.65. The minimum absolute atomic E-state index is 0.0319. The van der Waals surface area contributed by atoms with E-state index in [0.717, 1.165) is 29.3 Å². The standard InChI is InChI=1S/C22H22N2O/c1-2-22(23)14-20(22)16-9-11-19(12-10-16)24-21(25)18-8-7-15-5-3-4-6-17(15)13-18/h3-13,20H,2,14,23H2,1H3,(H,24,25). The van der Waals surface area contributed by atoms with Gasteiger partial charge in [0.1, 0.15) is 0 Å². The Labute approximate surface area is 147 Å². The number of carbonyl (C=O) groups is 1. The first-order valence-corrected chi connectivity index (χ1v) is 8.78. The molecule has 1 aliphatic rings. The van der Waals surface area contributed by atoms with E-state index in [0.29, 0.717) is 11.5 Å². The van der Waals surface area contributed by atoms with Crippen LogP contribution in [0, 0.1) is 0 Å². The van der Waals surface area contributed by atoms with Crippen LogP contribution in [0.1, 0.15) is 41.6 Å². The first-order chi connectivity index (χ1) is 12.1. The molecular weight excluding hydrogens is 308 g/mol. The number of rotatable bonds is 4. The molecule has 0 radical (unpaired) electrons. The van der Waals surface area contributed by atoms with Crippen molar-refractivity contribution in [3.63, 3.8) is 0 Å². The van der Waals surface area contributed by atoms with Crippen LogP contribution in [0.3, 0.4) is 0 Å². The van der Waals surface area contributed by atoms with Crippen LogP contribution in [-0.4, -0.2) is 11.4 Å². The van der Waals surface area contributed by atoms with Crippen LogP contribution in [0.25, 0.3) is 10.8 Å². The molecule has 0 aliphatic heterocycles. The molecule has 1 amide bonds. The predicted molar refractivity (Wildman–Crippen MR) is 103 cm³/mol. The summed E-state index contributed by atoms with van der Waals surface area (Å²) in [5.74, 6) is 0.356. The van der Waals surface area contributed by atoms with E-state index < -0.39 is 0 Å². The van der Waals surface area contributed by atoms with Crippen molar-refractivity contribution in [2.24, 2.45) is 5.73 Å². The van der Waals surface area contributed by atoms with Gasteiger partial charge in [-0.3, -0.25) is 4.79 Å². The summed E-state index contributed by atoms with van der Waals surface area (Å²) < 4.78 is 0. The second-order valence-electron chi connectivity index (χ2n) is 6.98. The number of hydrogen-bond donors (Lipinski definition) is 2. The highest BCUT2D eigenvalue weighted by molar-refractivity contribution is 6.06. The largest absolute Gasteiger partial charge is 0.325 e. The molecule has 0 aromatic heterocycles. The number of benzene rings is 3. The van der Waals surface area contributed by atoms with Gasteiger partial charge < -0.3 is 11.1 Å². The maximum absolute atomic E-state index is 12.5. The normalized spacial score (nSPS) is 21.9. The fraction of sp³-hybridized carbons (Fsp3) is 0.227. The van der Waals surface area contributed by atoms with Crippen molar-refractivity contribution in [2.75, 3.05) is 5.32 Å². The fourth-order valence-electron chi connectivity index (χ4n) is 3.49. The topological polar surface area (TPSA) is 55.1 Å². The number of hydrogen-bond acceptors (Lipinski definition) is 2. The number of anilines is 1. The van der Waals surface area contributed by atoms with E-state index in [1.165, 1.54) is 5.56 Å². The van der Waals surface area contributed by atoms with Crippen LogP contribution in [0.5, 0.6) is 0 Å².